The second-order valence-corrected chi connectivity index (χ2v) is 4.39. The van der Waals surface area contributed by atoms with Gasteiger partial charge in [-0.25, -0.2) is 4.68 Å². The molecule has 6 nitrogen and oxygen atoms in total. The standard InChI is InChI=1S/C15H17N3O3/c19-14(12-21-13-6-2-1-3-7-13)16-9-5-11-18-15(20)8-4-10-17-18/h1-4,6-8,10H,5,9,11-12H2,(H,16,19). The number of rotatable bonds is 7. The first-order valence-electron chi connectivity index (χ1n) is 6.72. The Morgan fingerprint density at radius 2 is 2.00 bits per heavy atom. The highest BCUT2D eigenvalue weighted by Crippen LogP contribution is 2.07. The Kier molecular flexibility index (Phi) is 5.51. The maximum Gasteiger partial charge on any atom is 0.266 e. The fraction of sp³-hybridized carbons (Fsp3) is 0.267. The zero-order chi connectivity index (χ0) is 14.9. The van der Waals surface area contributed by atoms with Gasteiger partial charge in [0.25, 0.3) is 11.5 Å². The lowest BCUT2D eigenvalue weighted by Crippen LogP contribution is -2.31. The van der Waals surface area contributed by atoms with Gasteiger partial charge >= 0.3 is 0 Å². The molecule has 0 spiro atoms. The first-order valence-corrected chi connectivity index (χ1v) is 6.72. The minimum atomic E-state index is -0.188. The third-order valence-corrected chi connectivity index (χ3v) is 2.77. The number of amides is 1. The van der Waals surface area contributed by atoms with Crippen molar-refractivity contribution in [1.82, 2.24) is 15.1 Å². The lowest BCUT2D eigenvalue weighted by molar-refractivity contribution is -0.123. The third-order valence-electron chi connectivity index (χ3n) is 2.77. The van der Waals surface area contributed by atoms with Crippen LogP contribution in [0.1, 0.15) is 6.42 Å². The smallest absolute Gasteiger partial charge is 0.266 e. The van der Waals surface area contributed by atoms with E-state index >= 15 is 0 Å². The minimum absolute atomic E-state index is 0.0203. The van der Waals surface area contributed by atoms with Crippen LogP contribution >= 0.6 is 0 Å². The Morgan fingerprint density at radius 1 is 1.19 bits per heavy atom. The molecule has 0 aliphatic heterocycles. The Bertz CT molecular complexity index is 625. The normalized spacial score (nSPS) is 10.1. The van der Waals surface area contributed by atoms with E-state index in [4.69, 9.17) is 4.74 Å². The van der Waals surface area contributed by atoms with Gasteiger partial charge in [0, 0.05) is 25.4 Å². The number of carbonyl (C=O) groups is 1. The largest absolute Gasteiger partial charge is 0.484 e. The number of nitrogens with zero attached hydrogens (tertiary/aromatic N) is 2. The lowest BCUT2D eigenvalue weighted by atomic mass is 10.3. The molecule has 1 aromatic heterocycles. The molecule has 1 amide bonds. The number of hydrogen-bond acceptors (Lipinski definition) is 4. The Balaban J connectivity index is 1.63. The number of carbonyl (C=O) groups excluding carboxylic acids is 1. The van der Waals surface area contributed by atoms with Crippen LogP contribution in [0.15, 0.2) is 53.5 Å². The summed E-state index contributed by atoms with van der Waals surface area (Å²) in [5, 5.41) is 6.67. The first kappa shape index (κ1) is 14.8. The van der Waals surface area contributed by atoms with Gasteiger partial charge in [0.15, 0.2) is 6.61 Å². The van der Waals surface area contributed by atoms with E-state index in [0.717, 1.165) is 0 Å². The second-order valence-electron chi connectivity index (χ2n) is 4.39. The van der Waals surface area contributed by atoms with Crippen molar-refractivity contribution in [2.45, 2.75) is 13.0 Å². The Labute approximate surface area is 122 Å². The summed E-state index contributed by atoms with van der Waals surface area (Å²) in [6.07, 6.45) is 2.20. The molecule has 2 rings (SSSR count). The van der Waals surface area contributed by atoms with Crippen LogP contribution in [0.3, 0.4) is 0 Å². The number of para-hydroxylation sites is 1. The summed E-state index contributed by atoms with van der Waals surface area (Å²) in [7, 11) is 0. The van der Waals surface area contributed by atoms with E-state index < -0.39 is 0 Å². The maximum absolute atomic E-state index is 11.6. The predicted molar refractivity (Wildman–Crippen MR) is 78.1 cm³/mol. The Hall–Kier alpha value is -2.63. The summed E-state index contributed by atoms with van der Waals surface area (Å²) in [5.41, 5.74) is -0.142. The van der Waals surface area contributed by atoms with E-state index in [1.807, 2.05) is 18.2 Å². The van der Waals surface area contributed by atoms with Crippen molar-refractivity contribution >= 4 is 5.91 Å². The van der Waals surface area contributed by atoms with Crippen LogP contribution < -0.4 is 15.6 Å². The monoisotopic (exact) mass is 287 g/mol. The molecular formula is C15H17N3O3. The Morgan fingerprint density at radius 3 is 2.76 bits per heavy atom. The van der Waals surface area contributed by atoms with Crippen LogP contribution in [0, 0.1) is 0 Å². The molecule has 0 fully saturated rings. The van der Waals surface area contributed by atoms with Gasteiger partial charge in [0.1, 0.15) is 5.75 Å². The van der Waals surface area contributed by atoms with E-state index in [0.29, 0.717) is 25.3 Å². The van der Waals surface area contributed by atoms with Crippen molar-refractivity contribution in [2.24, 2.45) is 0 Å². The summed E-state index contributed by atoms with van der Waals surface area (Å²) in [6.45, 7) is 0.924. The average Bonchev–Trinajstić information content (AvgIpc) is 2.52. The van der Waals surface area contributed by atoms with E-state index in [2.05, 4.69) is 10.4 Å². The molecule has 1 aromatic carbocycles. The summed E-state index contributed by atoms with van der Waals surface area (Å²) in [6, 6.07) is 12.2. The van der Waals surface area contributed by atoms with Crippen molar-refractivity contribution in [3.05, 3.63) is 59.0 Å². The zero-order valence-corrected chi connectivity index (χ0v) is 11.6. The van der Waals surface area contributed by atoms with Gasteiger partial charge in [-0.2, -0.15) is 5.10 Å². The first-order chi connectivity index (χ1) is 10.3. The van der Waals surface area contributed by atoms with E-state index in [1.165, 1.54) is 10.7 Å². The molecule has 2 aromatic rings. The van der Waals surface area contributed by atoms with E-state index in [9.17, 15) is 9.59 Å². The van der Waals surface area contributed by atoms with Gasteiger partial charge in [-0.3, -0.25) is 9.59 Å². The number of aryl methyl sites for hydroxylation is 1. The number of aromatic nitrogens is 2. The number of hydrogen-bond donors (Lipinski definition) is 1. The molecule has 0 bridgehead atoms. The summed E-state index contributed by atoms with van der Waals surface area (Å²) in [5.74, 6) is 0.472. The molecule has 110 valence electrons. The quantitative estimate of drug-likeness (QED) is 0.766. The van der Waals surface area contributed by atoms with Crippen molar-refractivity contribution in [2.75, 3.05) is 13.2 Å². The summed E-state index contributed by atoms with van der Waals surface area (Å²) < 4.78 is 6.69. The van der Waals surface area contributed by atoms with Gasteiger partial charge in [-0.1, -0.05) is 18.2 Å². The molecule has 0 unspecified atom stereocenters. The van der Waals surface area contributed by atoms with Crippen LogP contribution in [0.25, 0.3) is 0 Å². The third kappa shape index (κ3) is 5.10. The highest BCUT2D eigenvalue weighted by atomic mass is 16.5. The van der Waals surface area contributed by atoms with Crippen LogP contribution in [-0.4, -0.2) is 28.8 Å². The van der Waals surface area contributed by atoms with Crippen LogP contribution in [0.2, 0.25) is 0 Å². The summed E-state index contributed by atoms with van der Waals surface area (Å²) in [4.78, 5) is 23.0. The molecule has 0 atom stereocenters. The summed E-state index contributed by atoms with van der Waals surface area (Å²) >= 11 is 0. The maximum atomic E-state index is 11.6. The molecule has 0 saturated heterocycles. The average molecular weight is 287 g/mol. The fourth-order valence-electron chi connectivity index (χ4n) is 1.73. The van der Waals surface area contributed by atoms with Crippen LogP contribution in [-0.2, 0) is 11.3 Å². The van der Waals surface area contributed by atoms with Crippen LogP contribution in [0.4, 0.5) is 0 Å². The minimum Gasteiger partial charge on any atom is -0.484 e. The predicted octanol–water partition coefficient (Wildman–Crippen LogP) is 0.829. The molecule has 21 heavy (non-hydrogen) atoms. The molecule has 1 N–H and O–H groups in total. The van der Waals surface area contributed by atoms with E-state index in [1.54, 1.807) is 24.4 Å². The molecule has 0 aliphatic rings. The van der Waals surface area contributed by atoms with Crippen molar-refractivity contribution in [3.8, 4) is 5.75 Å². The fourth-order valence-corrected chi connectivity index (χ4v) is 1.73. The van der Waals surface area contributed by atoms with Gasteiger partial charge in [-0.15, -0.1) is 0 Å². The zero-order valence-electron chi connectivity index (χ0n) is 11.6. The van der Waals surface area contributed by atoms with Gasteiger partial charge in [0.2, 0.25) is 0 Å². The van der Waals surface area contributed by atoms with E-state index in [-0.39, 0.29) is 18.1 Å². The van der Waals surface area contributed by atoms with Crippen molar-refractivity contribution in [3.63, 3.8) is 0 Å². The molecule has 1 heterocycles. The number of ether oxygens (including phenoxy) is 1. The van der Waals surface area contributed by atoms with Crippen molar-refractivity contribution < 1.29 is 9.53 Å². The number of nitrogens with one attached hydrogen (secondary N) is 1. The molecular weight excluding hydrogens is 270 g/mol. The topological polar surface area (TPSA) is 73.2 Å². The molecule has 6 heteroatoms. The highest BCUT2D eigenvalue weighted by Gasteiger charge is 2.02. The molecule has 0 aliphatic carbocycles. The van der Waals surface area contributed by atoms with Crippen LogP contribution in [0.5, 0.6) is 5.75 Å². The highest BCUT2D eigenvalue weighted by molar-refractivity contribution is 5.77. The molecule has 0 saturated carbocycles. The molecule has 0 radical (unpaired) electrons. The van der Waals surface area contributed by atoms with Crippen molar-refractivity contribution in [1.29, 1.82) is 0 Å². The SMILES string of the molecule is O=C(COc1ccccc1)NCCCn1ncccc1=O. The van der Waals surface area contributed by atoms with Gasteiger partial charge in [-0.05, 0) is 24.6 Å². The number of benzene rings is 1. The van der Waals surface area contributed by atoms with Gasteiger partial charge in [0.05, 0.1) is 0 Å². The lowest BCUT2D eigenvalue weighted by Gasteiger charge is -2.07. The van der Waals surface area contributed by atoms with Gasteiger partial charge < -0.3 is 10.1 Å². The second kappa shape index (κ2) is 7.84.